The minimum atomic E-state index is -0.139. The molecule has 20 heavy (non-hydrogen) atoms. The summed E-state index contributed by atoms with van der Waals surface area (Å²) in [7, 11) is 0. The first-order valence-electron chi connectivity index (χ1n) is 6.92. The third-order valence-electron chi connectivity index (χ3n) is 2.99. The molecule has 4 N–H and O–H groups in total. The monoisotopic (exact) mass is 280 g/mol. The third-order valence-corrected chi connectivity index (χ3v) is 2.99. The van der Waals surface area contributed by atoms with E-state index >= 15 is 0 Å². The summed E-state index contributed by atoms with van der Waals surface area (Å²) in [5.74, 6) is 0.696. The van der Waals surface area contributed by atoms with Gasteiger partial charge in [0.25, 0.3) is 0 Å². The zero-order valence-corrected chi connectivity index (χ0v) is 12.3. The fourth-order valence-corrected chi connectivity index (χ4v) is 1.81. The van der Waals surface area contributed by atoms with Crippen LogP contribution in [0.4, 0.5) is 0 Å². The molecule has 5 nitrogen and oxygen atoms in total. The molecule has 1 aromatic rings. The second-order valence-electron chi connectivity index (χ2n) is 5.37. The van der Waals surface area contributed by atoms with Gasteiger partial charge < -0.3 is 20.8 Å². The molecule has 0 spiro atoms. The molecular formula is C15H24N2O3. The van der Waals surface area contributed by atoms with Gasteiger partial charge in [-0.05, 0) is 31.0 Å². The van der Waals surface area contributed by atoms with E-state index in [9.17, 15) is 15.0 Å². The maximum absolute atomic E-state index is 11.5. The van der Waals surface area contributed by atoms with Crippen LogP contribution in [0.1, 0.15) is 38.8 Å². The smallest absolute Gasteiger partial charge is 0.221 e. The van der Waals surface area contributed by atoms with Gasteiger partial charge in [-0.2, -0.15) is 0 Å². The van der Waals surface area contributed by atoms with E-state index in [4.69, 9.17) is 0 Å². The Morgan fingerprint density at radius 1 is 1.25 bits per heavy atom. The van der Waals surface area contributed by atoms with Crippen molar-refractivity contribution in [2.75, 3.05) is 13.1 Å². The molecule has 1 atom stereocenters. The number of hydrogen-bond acceptors (Lipinski definition) is 4. The lowest BCUT2D eigenvalue weighted by Crippen LogP contribution is -2.31. The third kappa shape index (κ3) is 5.48. The van der Waals surface area contributed by atoms with Gasteiger partial charge in [0.05, 0.1) is 0 Å². The molecule has 0 saturated heterocycles. The Hall–Kier alpha value is -1.75. The molecule has 0 aromatic heterocycles. The van der Waals surface area contributed by atoms with Crippen LogP contribution in [0.5, 0.6) is 11.5 Å². The molecule has 0 heterocycles. The van der Waals surface area contributed by atoms with Crippen molar-refractivity contribution in [2.45, 2.75) is 33.2 Å². The molecule has 0 aliphatic heterocycles. The molecule has 0 saturated carbocycles. The SMILES string of the molecule is CC(C)CNC(=O)CCNC(C)c1cc(O)ccc1O. The minimum absolute atomic E-state index is 0.0125. The van der Waals surface area contributed by atoms with Crippen molar-refractivity contribution in [1.82, 2.24) is 10.6 Å². The van der Waals surface area contributed by atoms with Crippen LogP contribution >= 0.6 is 0 Å². The number of nitrogens with one attached hydrogen (secondary N) is 2. The number of aromatic hydroxyl groups is 2. The summed E-state index contributed by atoms with van der Waals surface area (Å²) < 4.78 is 0. The Morgan fingerprint density at radius 2 is 1.95 bits per heavy atom. The standard InChI is InChI=1S/C15H24N2O3/c1-10(2)9-17-15(20)6-7-16-11(3)13-8-12(18)4-5-14(13)19/h4-5,8,10-11,16,18-19H,6-7,9H2,1-3H3,(H,17,20). The number of amides is 1. The van der Waals surface area contributed by atoms with Gasteiger partial charge in [-0.1, -0.05) is 13.8 Å². The van der Waals surface area contributed by atoms with Crippen LogP contribution in [-0.4, -0.2) is 29.2 Å². The molecule has 1 amide bonds. The fourth-order valence-electron chi connectivity index (χ4n) is 1.81. The first-order valence-corrected chi connectivity index (χ1v) is 6.92. The average molecular weight is 280 g/mol. The second kappa shape index (κ2) is 7.75. The number of phenolic OH excluding ortho intramolecular Hbond substituents is 2. The van der Waals surface area contributed by atoms with Crippen molar-refractivity contribution in [1.29, 1.82) is 0 Å². The van der Waals surface area contributed by atoms with E-state index < -0.39 is 0 Å². The summed E-state index contributed by atoms with van der Waals surface area (Å²) in [5.41, 5.74) is 0.618. The van der Waals surface area contributed by atoms with E-state index in [1.54, 1.807) is 0 Å². The van der Waals surface area contributed by atoms with Gasteiger partial charge in [-0.15, -0.1) is 0 Å². The molecule has 0 radical (unpaired) electrons. The van der Waals surface area contributed by atoms with Crippen LogP contribution in [0.2, 0.25) is 0 Å². The van der Waals surface area contributed by atoms with Crippen molar-refractivity contribution < 1.29 is 15.0 Å². The topological polar surface area (TPSA) is 81.6 Å². The zero-order valence-electron chi connectivity index (χ0n) is 12.3. The number of carbonyl (C=O) groups excluding carboxylic acids is 1. The van der Waals surface area contributed by atoms with Crippen molar-refractivity contribution in [3.8, 4) is 11.5 Å². The normalized spacial score (nSPS) is 12.4. The van der Waals surface area contributed by atoms with Crippen LogP contribution in [0.3, 0.4) is 0 Å². The van der Waals surface area contributed by atoms with Crippen LogP contribution in [0.15, 0.2) is 18.2 Å². The summed E-state index contributed by atoms with van der Waals surface area (Å²) >= 11 is 0. The Morgan fingerprint density at radius 3 is 2.60 bits per heavy atom. The number of rotatable bonds is 7. The largest absolute Gasteiger partial charge is 0.508 e. The van der Waals surface area contributed by atoms with Gasteiger partial charge in [-0.25, -0.2) is 0 Å². The van der Waals surface area contributed by atoms with Crippen LogP contribution in [-0.2, 0) is 4.79 Å². The van der Waals surface area contributed by atoms with Crippen LogP contribution in [0, 0.1) is 5.92 Å². The Kier molecular flexibility index (Phi) is 6.31. The van der Waals surface area contributed by atoms with Crippen LogP contribution < -0.4 is 10.6 Å². The lowest BCUT2D eigenvalue weighted by molar-refractivity contribution is -0.121. The maximum Gasteiger partial charge on any atom is 0.221 e. The molecule has 5 heteroatoms. The van der Waals surface area contributed by atoms with Crippen LogP contribution in [0.25, 0.3) is 0 Å². The molecular weight excluding hydrogens is 256 g/mol. The highest BCUT2D eigenvalue weighted by Crippen LogP contribution is 2.27. The molecule has 1 unspecified atom stereocenters. The molecule has 1 rings (SSSR count). The first kappa shape index (κ1) is 16.3. The molecule has 0 aliphatic carbocycles. The maximum atomic E-state index is 11.5. The van der Waals surface area contributed by atoms with Crippen molar-refractivity contribution >= 4 is 5.91 Å². The lowest BCUT2D eigenvalue weighted by atomic mass is 10.1. The molecule has 0 aliphatic rings. The van der Waals surface area contributed by atoms with Gasteiger partial charge >= 0.3 is 0 Å². The van der Waals surface area contributed by atoms with Gasteiger partial charge in [0.15, 0.2) is 0 Å². The number of hydrogen-bond donors (Lipinski definition) is 4. The van der Waals surface area contributed by atoms with E-state index in [0.717, 1.165) is 0 Å². The van der Waals surface area contributed by atoms with Crippen molar-refractivity contribution in [3.05, 3.63) is 23.8 Å². The van der Waals surface area contributed by atoms with Crippen molar-refractivity contribution in [3.63, 3.8) is 0 Å². The highest BCUT2D eigenvalue weighted by molar-refractivity contribution is 5.76. The average Bonchev–Trinajstić information content (AvgIpc) is 2.39. The second-order valence-corrected chi connectivity index (χ2v) is 5.37. The fraction of sp³-hybridized carbons (Fsp3) is 0.533. The van der Waals surface area contributed by atoms with Gasteiger partial charge in [-0.3, -0.25) is 4.79 Å². The minimum Gasteiger partial charge on any atom is -0.508 e. The van der Waals surface area contributed by atoms with Gasteiger partial charge in [0.1, 0.15) is 11.5 Å². The summed E-state index contributed by atoms with van der Waals surface area (Å²) in [6.45, 7) is 7.17. The summed E-state index contributed by atoms with van der Waals surface area (Å²) in [4.78, 5) is 11.5. The highest BCUT2D eigenvalue weighted by atomic mass is 16.3. The quantitative estimate of drug-likeness (QED) is 0.575. The summed E-state index contributed by atoms with van der Waals surface area (Å²) in [6, 6.07) is 4.27. The number of benzene rings is 1. The van der Waals surface area contributed by atoms with Gasteiger partial charge in [0, 0.05) is 31.1 Å². The predicted octanol–water partition coefficient (Wildman–Crippen LogP) is 1.91. The molecule has 112 valence electrons. The Labute approximate surface area is 120 Å². The van der Waals surface area contributed by atoms with E-state index in [-0.39, 0.29) is 23.4 Å². The van der Waals surface area contributed by atoms with Gasteiger partial charge in [0.2, 0.25) is 5.91 Å². The predicted molar refractivity (Wildman–Crippen MR) is 78.7 cm³/mol. The number of phenols is 2. The van der Waals surface area contributed by atoms with Crippen molar-refractivity contribution in [2.24, 2.45) is 5.92 Å². The van der Waals surface area contributed by atoms with E-state index in [2.05, 4.69) is 10.6 Å². The summed E-state index contributed by atoms with van der Waals surface area (Å²) in [6.07, 6.45) is 0.386. The van der Waals surface area contributed by atoms with E-state index in [1.807, 2.05) is 20.8 Å². The highest BCUT2D eigenvalue weighted by Gasteiger charge is 2.11. The number of carbonyl (C=O) groups is 1. The van der Waals surface area contributed by atoms with E-state index in [1.165, 1.54) is 18.2 Å². The van der Waals surface area contributed by atoms with E-state index in [0.29, 0.717) is 31.0 Å². The Bertz CT molecular complexity index is 447. The zero-order chi connectivity index (χ0) is 15.1. The molecule has 1 aromatic carbocycles. The first-order chi connectivity index (χ1) is 9.40. The Balaban J connectivity index is 2.38. The molecule has 0 bridgehead atoms. The summed E-state index contributed by atoms with van der Waals surface area (Å²) in [5, 5.41) is 25.1. The molecule has 0 fully saturated rings. The lowest BCUT2D eigenvalue weighted by Gasteiger charge is -2.16.